The van der Waals surface area contributed by atoms with Crippen molar-refractivity contribution in [1.82, 2.24) is 4.98 Å². The number of ether oxygens (including phenoxy) is 1. The number of pyridine rings is 1. The quantitative estimate of drug-likeness (QED) is 0.897. The van der Waals surface area contributed by atoms with Crippen LogP contribution in [0.15, 0.2) is 36.5 Å². The molecule has 2 N–H and O–H groups in total. The van der Waals surface area contributed by atoms with E-state index >= 15 is 0 Å². The number of carbonyl (C=O) groups is 1. The SMILES string of the molecule is COc1ccccc1-c1ccnc(C)c1C(N)=O. The topological polar surface area (TPSA) is 65.2 Å². The normalized spacial score (nSPS) is 10.1. The summed E-state index contributed by atoms with van der Waals surface area (Å²) in [7, 11) is 1.59. The summed E-state index contributed by atoms with van der Waals surface area (Å²) >= 11 is 0. The Morgan fingerprint density at radius 3 is 2.61 bits per heavy atom. The van der Waals surface area contributed by atoms with Crippen LogP contribution in [-0.4, -0.2) is 18.0 Å². The van der Waals surface area contributed by atoms with E-state index in [9.17, 15) is 4.79 Å². The minimum atomic E-state index is -0.485. The highest BCUT2D eigenvalue weighted by molar-refractivity contribution is 6.01. The highest BCUT2D eigenvalue weighted by atomic mass is 16.5. The number of nitrogens with two attached hydrogens (primary N) is 1. The summed E-state index contributed by atoms with van der Waals surface area (Å²) in [6.07, 6.45) is 1.66. The highest BCUT2D eigenvalue weighted by Crippen LogP contribution is 2.32. The summed E-state index contributed by atoms with van der Waals surface area (Å²) < 4.78 is 5.30. The van der Waals surface area contributed by atoms with E-state index in [0.717, 1.165) is 11.1 Å². The number of primary amides is 1. The van der Waals surface area contributed by atoms with Gasteiger partial charge in [0.15, 0.2) is 0 Å². The van der Waals surface area contributed by atoms with Gasteiger partial charge in [0, 0.05) is 17.3 Å². The van der Waals surface area contributed by atoms with Gasteiger partial charge in [-0.25, -0.2) is 0 Å². The molecule has 1 heterocycles. The lowest BCUT2D eigenvalue weighted by Crippen LogP contribution is -2.15. The van der Waals surface area contributed by atoms with E-state index in [2.05, 4.69) is 4.98 Å². The van der Waals surface area contributed by atoms with Crippen molar-refractivity contribution in [1.29, 1.82) is 0 Å². The number of hydrogen-bond acceptors (Lipinski definition) is 3. The molecule has 1 amide bonds. The van der Waals surface area contributed by atoms with Crippen LogP contribution in [-0.2, 0) is 0 Å². The third-order valence-corrected chi connectivity index (χ3v) is 2.78. The van der Waals surface area contributed by atoms with Crippen molar-refractivity contribution >= 4 is 5.91 Å². The molecule has 1 aromatic heterocycles. The molecule has 0 spiro atoms. The number of aryl methyl sites for hydroxylation is 1. The first-order chi connectivity index (χ1) is 8.65. The fourth-order valence-corrected chi connectivity index (χ4v) is 1.97. The van der Waals surface area contributed by atoms with Crippen molar-refractivity contribution in [3.8, 4) is 16.9 Å². The molecular formula is C14H14N2O2. The summed E-state index contributed by atoms with van der Waals surface area (Å²) in [5.41, 5.74) is 8.05. The van der Waals surface area contributed by atoms with Crippen LogP contribution in [0.3, 0.4) is 0 Å². The maximum absolute atomic E-state index is 11.6. The fourth-order valence-electron chi connectivity index (χ4n) is 1.97. The van der Waals surface area contributed by atoms with Gasteiger partial charge in [-0.05, 0) is 19.1 Å². The molecule has 18 heavy (non-hydrogen) atoms. The number of carbonyl (C=O) groups excluding carboxylic acids is 1. The van der Waals surface area contributed by atoms with Crippen LogP contribution in [0.2, 0.25) is 0 Å². The number of nitrogens with zero attached hydrogens (tertiary/aromatic N) is 1. The Labute approximate surface area is 105 Å². The van der Waals surface area contributed by atoms with Crippen molar-refractivity contribution in [2.24, 2.45) is 5.73 Å². The maximum atomic E-state index is 11.6. The average Bonchev–Trinajstić information content (AvgIpc) is 2.38. The van der Waals surface area contributed by atoms with E-state index < -0.39 is 5.91 Å². The van der Waals surface area contributed by atoms with Crippen LogP contribution in [0.25, 0.3) is 11.1 Å². The molecule has 0 fully saturated rings. The third-order valence-electron chi connectivity index (χ3n) is 2.78. The van der Waals surface area contributed by atoms with Gasteiger partial charge in [-0.2, -0.15) is 0 Å². The average molecular weight is 242 g/mol. The zero-order chi connectivity index (χ0) is 13.1. The Kier molecular flexibility index (Phi) is 3.28. The highest BCUT2D eigenvalue weighted by Gasteiger charge is 2.16. The van der Waals surface area contributed by atoms with Crippen molar-refractivity contribution in [2.45, 2.75) is 6.92 Å². The molecule has 0 saturated heterocycles. The zero-order valence-corrected chi connectivity index (χ0v) is 10.3. The van der Waals surface area contributed by atoms with Crippen LogP contribution in [0.4, 0.5) is 0 Å². The first-order valence-corrected chi connectivity index (χ1v) is 5.54. The largest absolute Gasteiger partial charge is 0.496 e. The molecule has 4 heteroatoms. The fraction of sp³-hybridized carbons (Fsp3) is 0.143. The van der Waals surface area contributed by atoms with Gasteiger partial charge in [-0.3, -0.25) is 9.78 Å². The maximum Gasteiger partial charge on any atom is 0.251 e. The molecule has 0 aliphatic rings. The van der Waals surface area contributed by atoms with Crippen molar-refractivity contribution in [3.05, 3.63) is 47.8 Å². The lowest BCUT2D eigenvalue weighted by Gasteiger charge is -2.12. The van der Waals surface area contributed by atoms with Crippen LogP contribution >= 0.6 is 0 Å². The number of rotatable bonds is 3. The molecule has 0 aliphatic heterocycles. The Morgan fingerprint density at radius 1 is 1.22 bits per heavy atom. The van der Waals surface area contributed by atoms with Gasteiger partial charge in [-0.15, -0.1) is 0 Å². The van der Waals surface area contributed by atoms with E-state index in [-0.39, 0.29) is 0 Å². The number of benzene rings is 1. The minimum Gasteiger partial charge on any atom is -0.496 e. The lowest BCUT2D eigenvalue weighted by molar-refractivity contribution is 0.1000. The molecular weight excluding hydrogens is 228 g/mol. The monoisotopic (exact) mass is 242 g/mol. The van der Waals surface area contributed by atoms with Crippen molar-refractivity contribution < 1.29 is 9.53 Å². The van der Waals surface area contributed by atoms with Gasteiger partial charge < -0.3 is 10.5 Å². The molecule has 1 aromatic carbocycles. The number of amides is 1. The molecule has 0 saturated carbocycles. The van der Waals surface area contributed by atoms with Gasteiger partial charge >= 0.3 is 0 Å². The van der Waals surface area contributed by atoms with E-state index in [4.69, 9.17) is 10.5 Å². The van der Waals surface area contributed by atoms with E-state index in [0.29, 0.717) is 17.0 Å². The van der Waals surface area contributed by atoms with Crippen LogP contribution < -0.4 is 10.5 Å². The van der Waals surface area contributed by atoms with Crippen LogP contribution in [0, 0.1) is 6.92 Å². The zero-order valence-electron chi connectivity index (χ0n) is 10.3. The number of methoxy groups -OCH3 is 1. The minimum absolute atomic E-state index is 0.432. The molecule has 0 bridgehead atoms. The van der Waals surface area contributed by atoms with Gasteiger partial charge in [0.25, 0.3) is 5.91 Å². The molecule has 0 radical (unpaired) electrons. The van der Waals surface area contributed by atoms with Gasteiger partial charge in [0.2, 0.25) is 0 Å². The summed E-state index contributed by atoms with van der Waals surface area (Å²) in [6.45, 7) is 1.76. The molecule has 0 unspecified atom stereocenters. The van der Waals surface area contributed by atoms with Gasteiger partial charge in [-0.1, -0.05) is 18.2 Å². The second kappa shape index (κ2) is 4.87. The predicted octanol–water partition coefficient (Wildman–Crippen LogP) is 2.16. The number of hydrogen-bond donors (Lipinski definition) is 1. The third kappa shape index (κ3) is 2.05. The molecule has 2 aromatic rings. The Balaban J connectivity index is 2.71. The van der Waals surface area contributed by atoms with Crippen molar-refractivity contribution in [3.63, 3.8) is 0 Å². The van der Waals surface area contributed by atoms with Crippen LogP contribution in [0.5, 0.6) is 5.75 Å². The molecule has 0 aliphatic carbocycles. The molecule has 2 rings (SSSR count). The predicted molar refractivity (Wildman–Crippen MR) is 69.5 cm³/mol. The first-order valence-electron chi connectivity index (χ1n) is 5.54. The Bertz CT molecular complexity index is 594. The lowest BCUT2D eigenvalue weighted by atomic mass is 9.98. The number of aromatic nitrogens is 1. The molecule has 4 nitrogen and oxygen atoms in total. The summed E-state index contributed by atoms with van der Waals surface area (Å²) in [4.78, 5) is 15.7. The smallest absolute Gasteiger partial charge is 0.251 e. The van der Waals surface area contributed by atoms with Gasteiger partial charge in [0.05, 0.1) is 18.4 Å². The van der Waals surface area contributed by atoms with Crippen LogP contribution in [0.1, 0.15) is 16.1 Å². The van der Waals surface area contributed by atoms with E-state index in [1.807, 2.05) is 24.3 Å². The summed E-state index contributed by atoms with van der Waals surface area (Å²) in [5, 5.41) is 0. The second-order valence-corrected chi connectivity index (χ2v) is 3.88. The van der Waals surface area contributed by atoms with Crippen molar-refractivity contribution in [2.75, 3.05) is 7.11 Å². The summed E-state index contributed by atoms with van der Waals surface area (Å²) in [5.74, 6) is 0.215. The Morgan fingerprint density at radius 2 is 1.94 bits per heavy atom. The number of para-hydroxylation sites is 1. The molecule has 92 valence electrons. The molecule has 0 atom stereocenters. The summed E-state index contributed by atoms with van der Waals surface area (Å²) in [6, 6.07) is 9.26. The first kappa shape index (κ1) is 12.1. The van der Waals surface area contributed by atoms with E-state index in [1.165, 1.54) is 0 Å². The standard InChI is InChI=1S/C14H14N2O2/c1-9-13(14(15)17)11(7-8-16-9)10-5-3-4-6-12(10)18-2/h3-8H,1-2H3,(H2,15,17). The second-order valence-electron chi connectivity index (χ2n) is 3.88. The van der Waals surface area contributed by atoms with Gasteiger partial charge in [0.1, 0.15) is 5.75 Å². The Hall–Kier alpha value is -2.36. The van der Waals surface area contributed by atoms with E-state index in [1.54, 1.807) is 26.3 Å².